The van der Waals surface area contributed by atoms with Gasteiger partial charge in [0, 0.05) is 17.0 Å². The van der Waals surface area contributed by atoms with E-state index in [0.29, 0.717) is 0 Å². The lowest BCUT2D eigenvalue weighted by Gasteiger charge is -2.08. The number of aromatic nitrogens is 3. The van der Waals surface area contributed by atoms with Crippen LogP contribution in [0.4, 0.5) is 0 Å². The van der Waals surface area contributed by atoms with Crippen LogP contribution in [0.3, 0.4) is 0 Å². The maximum atomic E-state index is 10.8. The number of aliphatic carboxylic acids is 1. The quantitative estimate of drug-likeness (QED) is 0.844. The highest BCUT2D eigenvalue weighted by molar-refractivity contribution is 14.1. The number of nitrogens with zero attached hydrogens (tertiary/aromatic N) is 3. The Balaban J connectivity index is 2.76. The van der Waals surface area contributed by atoms with Gasteiger partial charge >= 0.3 is 5.97 Å². The van der Waals surface area contributed by atoms with Crippen molar-refractivity contribution in [3.63, 3.8) is 0 Å². The molecule has 2 rings (SSSR count). The van der Waals surface area contributed by atoms with E-state index in [-0.39, 0.29) is 6.42 Å². The Labute approximate surface area is 112 Å². The predicted molar refractivity (Wildman–Crippen MR) is 71.3 cm³/mol. The maximum absolute atomic E-state index is 10.8. The van der Waals surface area contributed by atoms with Gasteiger partial charge in [0.1, 0.15) is 0 Å². The molecule has 0 aliphatic heterocycles. The van der Waals surface area contributed by atoms with Crippen molar-refractivity contribution in [2.24, 2.45) is 0 Å². The van der Waals surface area contributed by atoms with Gasteiger partial charge in [0.25, 0.3) is 0 Å². The highest BCUT2D eigenvalue weighted by atomic mass is 127. The number of halogens is 1. The normalized spacial score (nSPS) is 11.1. The average molecular weight is 345 g/mol. The van der Waals surface area contributed by atoms with Crippen LogP contribution in [-0.4, -0.2) is 25.7 Å². The molecule has 6 heteroatoms. The minimum Gasteiger partial charge on any atom is -0.481 e. The summed E-state index contributed by atoms with van der Waals surface area (Å²) in [6.45, 7) is 5.63. The first kappa shape index (κ1) is 12.3. The molecule has 1 N–H and O–H groups in total. The first-order valence-electron chi connectivity index (χ1n) is 5.14. The predicted octanol–water partition coefficient (Wildman–Crippen LogP) is 1.89. The zero-order valence-corrected chi connectivity index (χ0v) is 11.9. The molecule has 2 aromatic heterocycles. The summed E-state index contributed by atoms with van der Waals surface area (Å²) in [5.74, 6) is -0.851. The first-order valence-corrected chi connectivity index (χ1v) is 6.22. The zero-order valence-electron chi connectivity index (χ0n) is 9.78. The Morgan fingerprint density at radius 2 is 2.00 bits per heavy atom. The van der Waals surface area contributed by atoms with E-state index in [0.717, 1.165) is 31.9 Å². The summed E-state index contributed by atoms with van der Waals surface area (Å²) in [5.41, 5.74) is 4.06. The molecule has 5 nitrogen and oxygen atoms in total. The van der Waals surface area contributed by atoms with Crippen LogP contribution in [0.1, 0.15) is 22.6 Å². The second kappa shape index (κ2) is 4.25. The summed E-state index contributed by atoms with van der Waals surface area (Å²) in [6, 6.07) is 0. The van der Waals surface area contributed by atoms with Gasteiger partial charge in [-0.05, 0) is 43.4 Å². The first-order chi connectivity index (χ1) is 7.91. The van der Waals surface area contributed by atoms with Gasteiger partial charge in [-0.25, -0.2) is 9.50 Å². The van der Waals surface area contributed by atoms with E-state index in [1.54, 1.807) is 4.52 Å². The maximum Gasteiger partial charge on any atom is 0.307 e. The highest BCUT2D eigenvalue weighted by Gasteiger charge is 2.16. The van der Waals surface area contributed by atoms with Gasteiger partial charge in [-0.3, -0.25) is 4.79 Å². The van der Waals surface area contributed by atoms with Crippen molar-refractivity contribution in [3.8, 4) is 0 Å². The minimum absolute atomic E-state index is 0.0178. The van der Waals surface area contributed by atoms with Crippen molar-refractivity contribution in [1.29, 1.82) is 0 Å². The molecule has 0 spiro atoms. The molecule has 0 radical (unpaired) electrons. The summed E-state index contributed by atoms with van der Waals surface area (Å²) in [5, 5.41) is 13.3. The summed E-state index contributed by atoms with van der Waals surface area (Å²) < 4.78 is 2.73. The van der Waals surface area contributed by atoms with Crippen LogP contribution in [0.15, 0.2) is 0 Å². The number of fused-ring (bicyclic) bond motifs is 1. The molecular weight excluding hydrogens is 333 g/mol. The minimum atomic E-state index is -0.851. The Hall–Kier alpha value is -1.18. The number of aryl methyl sites for hydroxylation is 3. The van der Waals surface area contributed by atoms with Crippen molar-refractivity contribution < 1.29 is 9.90 Å². The SMILES string of the molecule is Cc1nc2c(I)c(C)nn2c(C)c1CC(=O)O. The van der Waals surface area contributed by atoms with Crippen molar-refractivity contribution >= 4 is 34.2 Å². The molecule has 17 heavy (non-hydrogen) atoms. The molecule has 0 bridgehead atoms. The van der Waals surface area contributed by atoms with Crippen molar-refractivity contribution in [1.82, 2.24) is 14.6 Å². The van der Waals surface area contributed by atoms with E-state index in [2.05, 4.69) is 32.7 Å². The topological polar surface area (TPSA) is 67.5 Å². The lowest BCUT2D eigenvalue weighted by atomic mass is 10.1. The fraction of sp³-hybridized carbons (Fsp3) is 0.364. The van der Waals surface area contributed by atoms with Crippen molar-refractivity contribution in [2.45, 2.75) is 27.2 Å². The van der Waals surface area contributed by atoms with Crippen molar-refractivity contribution in [2.75, 3.05) is 0 Å². The number of hydrogen-bond donors (Lipinski definition) is 1. The molecule has 0 unspecified atom stereocenters. The molecule has 0 fully saturated rings. The molecular formula is C11H12IN3O2. The fourth-order valence-electron chi connectivity index (χ4n) is 1.85. The van der Waals surface area contributed by atoms with Crippen LogP contribution >= 0.6 is 22.6 Å². The van der Waals surface area contributed by atoms with Crippen LogP contribution in [0.2, 0.25) is 0 Å². The Morgan fingerprint density at radius 3 is 2.59 bits per heavy atom. The van der Waals surface area contributed by atoms with E-state index in [9.17, 15) is 4.79 Å². The molecule has 2 heterocycles. The van der Waals surface area contributed by atoms with Gasteiger partial charge in [0.2, 0.25) is 0 Å². The second-order valence-corrected chi connectivity index (χ2v) is 5.05. The van der Waals surface area contributed by atoms with Crippen LogP contribution in [-0.2, 0) is 11.2 Å². The van der Waals surface area contributed by atoms with E-state index in [4.69, 9.17) is 5.11 Å². The van der Waals surface area contributed by atoms with Crippen LogP contribution in [0.5, 0.6) is 0 Å². The van der Waals surface area contributed by atoms with E-state index in [1.807, 2.05) is 20.8 Å². The Kier molecular flexibility index (Phi) is 3.07. The third-order valence-electron chi connectivity index (χ3n) is 2.76. The number of hydrogen-bond acceptors (Lipinski definition) is 3. The molecule has 0 aromatic carbocycles. The van der Waals surface area contributed by atoms with Crippen LogP contribution in [0, 0.1) is 24.3 Å². The molecule has 0 aliphatic rings. The fourth-order valence-corrected chi connectivity index (χ4v) is 2.31. The van der Waals surface area contributed by atoms with Gasteiger partial charge in [-0.15, -0.1) is 0 Å². The average Bonchev–Trinajstić information content (AvgIpc) is 2.52. The van der Waals surface area contributed by atoms with E-state index in [1.165, 1.54) is 0 Å². The number of rotatable bonds is 2. The standard InChI is InChI=1S/C11H12IN3O2/c1-5-8(4-9(16)17)7(3)15-11(13-5)10(12)6(2)14-15/h4H2,1-3H3,(H,16,17). The smallest absolute Gasteiger partial charge is 0.307 e. The third kappa shape index (κ3) is 2.01. The van der Waals surface area contributed by atoms with Gasteiger partial charge in [0.15, 0.2) is 5.65 Å². The van der Waals surface area contributed by atoms with Gasteiger partial charge in [-0.2, -0.15) is 5.10 Å². The monoisotopic (exact) mass is 345 g/mol. The van der Waals surface area contributed by atoms with Gasteiger partial charge < -0.3 is 5.11 Å². The molecule has 0 aliphatic carbocycles. The zero-order chi connectivity index (χ0) is 12.7. The molecule has 90 valence electrons. The van der Waals surface area contributed by atoms with Gasteiger partial charge in [0.05, 0.1) is 15.7 Å². The lowest BCUT2D eigenvalue weighted by Crippen LogP contribution is -2.10. The molecule has 0 amide bonds. The van der Waals surface area contributed by atoms with E-state index >= 15 is 0 Å². The summed E-state index contributed by atoms with van der Waals surface area (Å²) >= 11 is 2.21. The number of carboxylic acids is 1. The van der Waals surface area contributed by atoms with E-state index < -0.39 is 5.97 Å². The van der Waals surface area contributed by atoms with Crippen LogP contribution in [0.25, 0.3) is 5.65 Å². The summed E-state index contributed by atoms with van der Waals surface area (Å²) in [6.07, 6.45) is -0.0178. The van der Waals surface area contributed by atoms with Crippen LogP contribution < -0.4 is 0 Å². The molecule has 0 saturated heterocycles. The van der Waals surface area contributed by atoms with Gasteiger partial charge in [-0.1, -0.05) is 0 Å². The molecule has 0 saturated carbocycles. The number of carboxylic acid groups (broad SMARTS) is 1. The summed E-state index contributed by atoms with van der Waals surface area (Å²) in [4.78, 5) is 15.3. The second-order valence-electron chi connectivity index (χ2n) is 3.97. The Morgan fingerprint density at radius 1 is 1.35 bits per heavy atom. The molecule has 2 aromatic rings. The highest BCUT2D eigenvalue weighted by Crippen LogP contribution is 2.21. The third-order valence-corrected chi connectivity index (χ3v) is 4.02. The largest absolute Gasteiger partial charge is 0.481 e. The number of carbonyl (C=O) groups is 1. The van der Waals surface area contributed by atoms with Crippen molar-refractivity contribution in [3.05, 3.63) is 26.2 Å². The molecule has 0 atom stereocenters. The Bertz CT molecular complexity index is 619. The summed E-state index contributed by atoms with van der Waals surface area (Å²) in [7, 11) is 0. The lowest BCUT2D eigenvalue weighted by molar-refractivity contribution is -0.136.